The molecule has 146 valence electrons. The van der Waals surface area contributed by atoms with Crippen molar-refractivity contribution in [3.05, 3.63) is 71.8 Å². The highest BCUT2D eigenvalue weighted by Gasteiger charge is 2.60. The van der Waals surface area contributed by atoms with Crippen molar-refractivity contribution < 1.29 is 23.4 Å². The van der Waals surface area contributed by atoms with Crippen molar-refractivity contribution in [2.24, 2.45) is 0 Å². The van der Waals surface area contributed by atoms with Gasteiger partial charge in [0.1, 0.15) is 0 Å². The molecule has 0 bridgehead atoms. The highest BCUT2D eigenvalue weighted by molar-refractivity contribution is 5.17. The third kappa shape index (κ3) is 4.51. The second-order valence-electron chi connectivity index (χ2n) is 7.24. The van der Waals surface area contributed by atoms with Crippen LogP contribution in [0.4, 0.5) is 13.2 Å². The molecule has 2 aromatic rings. The lowest BCUT2D eigenvalue weighted by atomic mass is 9.78. The molecule has 0 saturated heterocycles. The minimum Gasteiger partial charge on any atom is -0.390 e. The van der Waals surface area contributed by atoms with Gasteiger partial charge in [0.2, 0.25) is 0 Å². The van der Waals surface area contributed by atoms with Gasteiger partial charge < -0.3 is 10.2 Å². The molecule has 0 spiro atoms. The van der Waals surface area contributed by atoms with Crippen molar-refractivity contribution >= 4 is 0 Å². The summed E-state index contributed by atoms with van der Waals surface area (Å²) in [4.78, 5) is 2.09. The topological polar surface area (TPSA) is 43.7 Å². The Hall–Kier alpha value is -1.89. The summed E-state index contributed by atoms with van der Waals surface area (Å²) in [5.41, 5.74) is -0.909. The van der Waals surface area contributed by atoms with Crippen molar-refractivity contribution in [2.75, 3.05) is 0 Å². The molecule has 2 N–H and O–H groups in total. The maximum Gasteiger partial charge on any atom is 0.419 e. The molecule has 1 fully saturated rings. The molecule has 3 nitrogen and oxygen atoms in total. The van der Waals surface area contributed by atoms with Crippen LogP contribution in [0.3, 0.4) is 0 Å². The van der Waals surface area contributed by atoms with Crippen LogP contribution in [0.2, 0.25) is 0 Å². The Kier molecular flexibility index (Phi) is 5.89. The maximum atomic E-state index is 13.2. The van der Waals surface area contributed by atoms with E-state index in [-0.39, 0.29) is 18.9 Å². The largest absolute Gasteiger partial charge is 0.419 e. The van der Waals surface area contributed by atoms with Crippen molar-refractivity contribution in [1.82, 2.24) is 4.90 Å². The molecule has 1 aliphatic rings. The summed E-state index contributed by atoms with van der Waals surface area (Å²) in [6.07, 6.45) is -7.10. The Morgan fingerprint density at radius 2 is 1.41 bits per heavy atom. The summed E-state index contributed by atoms with van der Waals surface area (Å²) in [7, 11) is 0. The lowest BCUT2D eigenvalue weighted by molar-refractivity contribution is -0.302. The Balaban J connectivity index is 1.79. The van der Waals surface area contributed by atoms with E-state index in [0.29, 0.717) is 13.1 Å². The first-order chi connectivity index (χ1) is 12.8. The van der Waals surface area contributed by atoms with Crippen LogP contribution in [-0.2, 0) is 13.1 Å². The van der Waals surface area contributed by atoms with Gasteiger partial charge in [0.05, 0.1) is 6.10 Å². The fourth-order valence-electron chi connectivity index (χ4n) is 3.74. The lowest BCUT2D eigenvalue weighted by Crippen LogP contribution is -2.59. The van der Waals surface area contributed by atoms with Crippen LogP contribution in [-0.4, -0.2) is 39.0 Å². The Bertz CT molecular complexity index is 682. The van der Waals surface area contributed by atoms with Crippen LogP contribution in [0.5, 0.6) is 0 Å². The van der Waals surface area contributed by atoms with Crippen LogP contribution in [0.15, 0.2) is 60.7 Å². The number of halogens is 3. The number of hydrogen-bond donors (Lipinski definition) is 2. The summed E-state index contributed by atoms with van der Waals surface area (Å²) >= 11 is 0. The van der Waals surface area contributed by atoms with Crippen LogP contribution >= 0.6 is 0 Å². The first-order valence-electron chi connectivity index (χ1n) is 9.08. The lowest BCUT2D eigenvalue weighted by Gasteiger charge is -2.44. The number of rotatable bonds is 5. The van der Waals surface area contributed by atoms with E-state index in [2.05, 4.69) is 4.90 Å². The van der Waals surface area contributed by atoms with E-state index >= 15 is 0 Å². The zero-order chi connectivity index (χ0) is 19.5. The number of nitrogens with zero attached hydrogens (tertiary/aromatic N) is 1. The van der Waals surface area contributed by atoms with E-state index in [4.69, 9.17) is 0 Å². The zero-order valence-electron chi connectivity index (χ0n) is 14.9. The molecule has 6 heteroatoms. The van der Waals surface area contributed by atoms with Gasteiger partial charge in [-0.15, -0.1) is 0 Å². The molecule has 0 heterocycles. The van der Waals surface area contributed by atoms with Gasteiger partial charge in [-0.05, 0) is 30.4 Å². The quantitative estimate of drug-likeness (QED) is 0.828. The predicted molar refractivity (Wildman–Crippen MR) is 96.8 cm³/mol. The van der Waals surface area contributed by atoms with E-state index in [1.807, 2.05) is 60.7 Å². The first kappa shape index (κ1) is 19.9. The number of aliphatic hydroxyl groups is 2. The molecular formula is C21H24F3NO2. The zero-order valence-corrected chi connectivity index (χ0v) is 14.9. The molecule has 0 amide bonds. The van der Waals surface area contributed by atoms with E-state index in [9.17, 15) is 23.4 Å². The summed E-state index contributed by atoms with van der Waals surface area (Å²) in [6.45, 7) is 1.13. The summed E-state index contributed by atoms with van der Waals surface area (Å²) in [5.74, 6) is 0. The number of aliphatic hydroxyl groups excluding tert-OH is 1. The van der Waals surface area contributed by atoms with Crippen LogP contribution in [0.25, 0.3) is 0 Å². The summed E-state index contributed by atoms with van der Waals surface area (Å²) in [5, 5.41) is 20.1. The molecule has 1 saturated carbocycles. The minimum absolute atomic E-state index is 0.115. The third-order valence-electron chi connectivity index (χ3n) is 5.37. The van der Waals surface area contributed by atoms with Gasteiger partial charge in [-0.3, -0.25) is 4.90 Å². The first-order valence-corrected chi connectivity index (χ1v) is 9.08. The van der Waals surface area contributed by atoms with Gasteiger partial charge in [0, 0.05) is 19.1 Å². The minimum atomic E-state index is -4.83. The van der Waals surface area contributed by atoms with Crippen LogP contribution < -0.4 is 0 Å². The molecule has 0 radical (unpaired) electrons. The second-order valence-corrected chi connectivity index (χ2v) is 7.24. The maximum absolute atomic E-state index is 13.2. The van der Waals surface area contributed by atoms with E-state index in [1.165, 1.54) is 0 Å². The molecule has 1 aliphatic carbocycles. The molecule has 0 aromatic heterocycles. The second kappa shape index (κ2) is 8.00. The van der Waals surface area contributed by atoms with Gasteiger partial charge in [-0.25, -0.2) is 0 Å². The highest BCUT2D eigenvalue weighted by atomic mass is 19.4. The monoisotopic (exact) mass is 379 g/mol. The van der Waals surface area contributed by atoms with Crippen molar-refractivity contribution in [1.29, 1.82) is 0 Å². The predicted octanol–water partition coefficient (Wildman–Crippen LogP) is 3.90. The molecule has 2 aromatic carbocycles. The molecule has 3 rings (SSSR count). The van der Waals surface area contributed by atoms with Gasteiger partial charge >= 0.3 is 6.18 Å². The average molecular weight is 379 g/mol. The van der Waals surface area contributed by atoms with Crippen LogP contribution in [0, 0.1) is 0 Å². The Labute approximate surface area is 157 Å². The van der Waals surface area contributed by atoms with E-state index in [1.54, 1.807) is 0 Å². The van der Waals surface area contributed by atoms with Gasteiger partial charge in [-0.2, -0.15) is 13.2 Å². The van der Waals surface area contributed by atoms with Gasteiger partial charge in [0.15, 0.2) is 5.60 Å². The molecule has 3 atom stereocenters. The number of hydrogen-bond acceptors (Lipinski definition) is 3. The van der Waals surface area contributed by atoms with Crippen molar-refractivity contribution in [2.45, 2.75) is 56.3 Å². The van der Waals surface area contributed by atoms with Gasteiger partial charge in [0.25, 0.3) is 0 Å². The molecule has 27 heavy (non-hydrogen) atoms. The fraction of sp³-hybridized carbons (Fsp3) is 0.429. The Morgan fingerprint density at radius 1 is 0.926 bits per heavy atom. The standard InChI is InChI=1S/C21H24F3NO2/c22-21(23,24)20(27)12-11-18(13-19(20)26)25(14-16-7-3-1-4-8-16)15-17-9-5-2-6-10-17/h1-10,18-19,26-27H,11-15H2/t18?,19-,20?/m0/s1. The number of alkyl halides is 3. The highest BCUT2D eigenvalue weighted by Crippen LogP contribution is 2.43. The number of benzene rings is 2. The van der Waals surface area contributed by atoms with Crippen molar-refractivity contribution in [3.8, 4) is 0 Å². The smallest absolute Gasteiger partial charge is 0.390 e. The average Bonchev–Trinajstić information content (AvgIpc) is 2.64. The van der Waals surface area contributed by atoms with Crippen molar-refractivity contribution in [3.63, 3.8) is 0 Å². The van der Waals surface area contributed by atoms with E-state index < -0.39 is 24.3 Å². The fourth-order valence-corrected chi connectivity index (χ4v) is 3.74. The normalized spacial score (nSPS) is 26.3. The third-order valence-corrected chi connectivity index (χ3v) is 5.37. The Morgan fingerprint density at radius 3 is 1.81 bits per heavy atom. The van der Waals surface area contributed by atoms with Crippen LogP contribution in [0.1, 0.15) is 30.4 Å². The SMILES string of the molecule is O[C@H]1CC(N(Cc2ccccc2)Cc2ccccc2)CCC1(O)C(F)(F)F. The molecule has 2 unspecified atom stereocenters. The summed E-state index contributed by atoms with van der Waals surface area (Å²) < 4.78 is 39.5. The van der Waals surface area contributed by atoms with Gasteiger partial charge in [-0.1, -0.05) is 60.7 Å². The van der Waals surface area contributed by atoms with E-state index in [0.717, 1.165) is 11.1 Å². The summed E-state index contributed by atoms with van der Waals surface area (Å²) in [6, 6.07) is 19.2. The molecular weight excluding hydrogens is 355 g/mol. The molecule has 0 aliphatic heterocycles.